The maximum atomic E-state index is 12.4. The van der Waals surface area contributed by atoms with Crippen molar-refractivity contribution in [2.45, 2.75) is 27.4 Å². The van der Waals surface area contributed by atoms with E-state index in [2.05, 4.69) is 10.2 Å². The Labute approximate surface area is 150 Å². The minimum atomic E-state index is -0.402. The smallest absolute Gasteiger partial charge is 0.339 e. The van der Waals surface area contributed by atoms with E-state index < -0.39 is 5.97 Å². The minimum Gasteiger partial charge on any atom is -0.452 e. The lowest BCUT2D eigenvalue weighted by molar-refractivity contribution is 0.0437. The Hall–Kier alpha value is -2.66. The number of benzene rings is 2. The van der Waals surface area contributed by atoms with Gasteiger partial charge in [0, 0.05) is 10.6 Å². The van der Waals surface area contributed by atoms with Crippen molar-refractivity contribution in [3.63, 3.8) is 0 Å². The third kappa shape index (κ3) is 3.88. The molecule has 1 heterocycles. The highest BCUT2D eigenvalue weighted by Gasteiger charge is 2.16. The highest BCUT2D eigenvalue weighted by molar-refractivity contribution is 6.30. The standard InChI is InChI=1S/C19H17ClN2O3/c1-11-8-12(2)17(13(3)9-11)19(23)24-10-16-21-22-18(25-16)14-4-6-15(20)7-5-14/h4-9H,10H2,1-3H3. The third-order valence-corrected chi connectivity index (χ3v) is 4.02. The summed E-state index contributed by atoms with van der Waals surface area (Å²) in [7, 11) is 0. The first-order valence-electron chi connectivity index (χ1n) is 7.77. The van der Waals surface area contributed by atoms with Crippen LogP contribution < -0.4 is 0 Å². The maximum Gasteiger partial charge on any atom is 0.339 e. The number of nitrogens with zero attached hydrogens (tertiary/aromatic N) is 2. The van der Waals surface area contributed by atoms with E-state index in [4.69, 9.17) is 20.8 Å². The van der Waals surface area contributed by atoms with Crippen molar-refractivity contribution in [3.05, 3.63) is 69.6 Å². The molecule has 25 heavy (non-hydrogen) atoms. The normalized spacial score (nSPS) is 10.7. The van der Waals surface area contributed by atoms with E-state index in [1.54, 1.807) is 24.3 Å². The van der Waals surface area contributed by atoms with Crippen LogP contribution in [0.5, 0.6) is 0 Å². The monoisotopic (exact) mass is 356 g/mol. The topological polar surface area (TPSA) is 65.2 Å². The van der Waals surface area contributed by atoms with Gasteiger partial charge < -0.3 is 9.15 Å². The molecule has 6 heteroatoms. The van der Waals surface area contributed by atoms with Gasteiger partial charge >= 0.3 is 5.97 Å². The van der Waals surface area contributed by atoms with Crippen LogP contribution in [0, 0.1) is 20.8 Å². The average Bonchev–Trinajstić information content (AvgIpc) is 3.01. The number of rotatable bonds is 4. The van der Waals surface area contributed by atoms with Gasteiger partial charge in [-0.1, -0.05) is 29.3 Å². The molecule has 0 amide bonds. The van der Waals surface area contributed by atoms with E-state index in [-0.39, 0.29) is 12.5 Å². The highest BCUT2D eigenvalue weighted by Crippen LogP contribution is 2.21. The van der Waals surface area contributed by atoms with Crippen LogP contribution in [0.25, 0.3) is 11.5 Å². The molecule has 0 atom stereocenters. The quantitative estimate of drug-likeness (QED) is 0.635. The molecule has 0 aliphatic carbocycles. The fourth-order valence-corrected chi connectivity index (χ4v) is 2.85. The van der Waals surface area contributed by atoms with Gasteiger partial charge in [0.25, 0.3) is 5.89 Å². The number of aryl methyl sites for hydroxylation is 3. The van der Waals surface area contributed by atoms with Gasteiger partial charge in [0.15, 0.2) is 6.61 Å². The first-order valence-corrected chi connectivity index (χ1v) is 8.15. The van der Waals surface area contributed by atoms with Gasteiger partial charge in [-0.05, 0) is 56.2 Å². The van der Waals surface area contributed by atoms with Crippen LogP contribution >= 0.6 is 11.6 Å². The number of aromatic nitrogens is 2. The molecule has 1 aromatic heterocycles. The molecule has 3 aromatic rings. The van der Waals surface area contributed by atoms with Gasteiger partial charge in [-0.15, -0.1) is 10.2 Å². The molecular weight excluding hydrogens is 340 g/mol. The molecule has 2 aromatic carbocycles. The molecule has 0 spiro atoms. The van der Waals surface area contributed by atoms with Gasteiger partial charge in [0.05, 0.1) is 5.56 Å². The summed E-state index contributed by atoms with van der Waals surface area (Å²) < 4.78 is 10.9. The molecule has 0 fully saturated rings. The van der Waals surface area contributed by atoms with Crippen molar-refractivity contribution in [2.24, 2.45) is 0 Å². The molecule has 0 aliphatic heterocycles. The zero-order chi connectivity index (χ0) is 18.0. The Bertz CT molecular complexity index is 894. The van der Waals surface area contributed by atoms with Crippen LogP contribution in [0.4, 0.5) is 0 Å². The predicted molar refractivity (Wildman–Crippen MR) is 94.5 cm³/mol. The van der Waals surface area contributed by atoms with Crippen LogP contribution in [0.1, 0.15) is 32.9 Å². The average molecular weight is 357 g/mol. The highest BCUT2D eigenvalue weighted by atomic mass is 35.5. The van der Waals surface area contributed by atoms with E-state index in [1.165, 1.54) is 0 Å². The number of halogens is 1. The number of esters is 1. The summed E-state index contributed by atoms with van der Waals surface area (Å²) in [6, 6.07) is 11.0. The molecule has 3 rings (SSSR count). The zero-order valence-corrected chi connectivity index (χ0v) is 14.9. The Kier molecular flexibility index (Phi) is 4.86. The summed E-state index contributed by atoms with van der Waals surface area (Å²) in [4.78, 5) is 12.4. The van der Waals surface area contributed by atoms with Crippen molar-refractivity contribution in [2.75, 3.05) is 0 Å². The number of carbonyl (C=O) groups is 1. The van der Waals surface area contributed by atoms with Crippen molar-refractivity contribution in [1.29, 1.82) is 0 Å². The van der Waals surface area contributed by atoms with Crippen molar-refractivity contribution >= 4 is 17.6 Å². The number of ether oxygens (including phenoxy) is 1. The van der Waals surface area contributed by atoms with Crippen LogP contribution in [0.2, 0.25) is 5.02 Å². The number of hydrogen-bond donors (Lipinski definition) is 0. The van der Waals surface area contributed by atoms with Crippen LogP contribution in [-0.2, 0) is 11.3 Å². The lowest BCUT2D eigenvalue weighted by Crippen LogP contribution is -2.09. The Morgan fingerprint density at radius 3 is 2.36 bits per heavy atom. The fourth-order valence-electron chi connectivity index (χ4n) is 2.72. The molecular formula is C19H17ClN2O3. The molecule has 5 nitrogen and oxygen atoms in total. The molecule has 0 bridgehead atoms. The van der Waals surface area contributed by atoms with Gasteiger partial charge in [0.2, 0.25) is 5.89 Å². The van der Waals surface area contributed by atoms with Crippen LogP contribution in [-0.4, -0.2) is 16.2 Å². The van der Waals surface area contributed by atoms with Crippen LogP contribution in [0.3, 0.4) is 0 Å². The van der Waals surface area contributed by atoms with Gasteiger partial charge in [0.1, 0.15) is 0 Å². The summed E-state index contributed by atoms with van der Waals surface area (Å²) in [5.74, 6) is 0.187. The first kappa shape index (κ1) is 17.2. The Balaban J connectivity index is 1.70. The van der Waals surface area contributed by atoms with E-state index >= 15 is 0 Å². The van der Waals surface area contributed by atoms with Crippen molar-refractivity contribution < 1.29 is 13.9 Å². The van der Waals surface area contributed by atoms with Crippen molar-refractivity contribution in [3.8, 4) is 11.5 Å². The zero-order valence-electron chi connectivity index (χ0n) is 14.2. The molecule has 0 N–H and O–H groups in total. The SMILES string of the molecule is Cc1cc(C)c(C(=O)OCc2nnc(-c3ccc(Cl)cc3)o2)c(C)c1. The molecule has 0 radical (unpaired) electrons. The largest absolute Gasteiger partial charge is 0.452 e. The lowest BCUT2D eigenvalue weighted by Gasteiger charge is -2.10. The van der Waals surface area contributed by atoms with Gasteiger partial charge in [-0.25, -0.2) is 4.79 Å². The molecule has 0 unspecified atom stereocenters. The summed E-state index contributed by atoms with van der Waals surface area (Å²) >= 11 is 5.86. The summed E-state index contributed by atoms with van der Waals surface area (Å²) in [6.45, 7) is 5.70. The lowest BCUT2D eigenvalue weighted by atomic mass is 10.00. The molecule has 0 saturated heterocycles. The van der Waals surface area contributed by atoms with Crippen molar-refractivity contribution in [1.82, 2.24) is 10.2 Å². The van der Waals surface area contributed by atoms with Gasteiger partial charge in [-0.3, -0.25) is 0 Å². The minimum absolute atomic E-state index is 0.0772. The molecule has 0 saturated carbocycles. The van der Waals surface area contributed by atoms with Crippen LogP contribution in [0.15, 0.2) is 40.8 Å². The first-order chi connectivity index (χ1) is 11.9. The number of hydrogen-bond acceptors (Lipinski definition) is 5. The third-order valence-electron chi connectivity index (χ3n) is 3.77. The van der Waals surface area contributed by atoms with E-state index in [0.29, 0.717) is 16.5 Å². The number of carbonyl (C=O) groups excluding carboxylic acids is 1. The fraction of sp³-hybridized carbons (Fsp3) is 0.211. The molecule has 128 valence electrons. The van der Waals surface area contributed by atoms with E-state index in [0.717, 1.165) is 22.3 Å². The Morgan fingerprint density at radius 2 is 1.72 bits per heavy atom. The van der Waals surface area contributed by atoms with Gasteiger partial charge in [-0.2, -0.15) is 0 Å². The van der Waals surface area contributed by atoms with E-state index in [9.17, 15) is 4.79 Å². The second-order valence-corrected chi connectivity index (χ2v) is 6.29. The summed E-state index contributed by atoms with van der Waals surface area (Å²) in [5, 5.41) is 8.50. The predicted octanol–water partition coefficient (Wildman–Crippen LogP) is 4.67. The summed E-state index contributed by atoms with van der Waals surface area (Å²) in [6.07, 6.45) is 0. The second kappa shape index (κ2) is 7.07. The Morgan fingerprint density at radius 1 is 1.08 bits per heavy atom. The summed E-state index contributed by atoms with van der Waals surface area (Å²) in [5.41, 5.74) is 4.20. The second-order valence-electron chi connectivity index (χ2n) is 5.86. The molecule has 0 aliphatic rings. The van der Waals surface area contributed by atoms with E-state index in [1.807, 2.05) is 32.9 Å². The maximum absolute atomic E-state index is 12.4.